The lowest BCUT2D eigenvalue weighted by atomic mass is 9.80. The molecule has 0 aromatic rings. The van der Waals surface area contributed by atoms with Crippen molar-refractivity contribution in [2.45, 2.75) is 45.8 Å². The maximum absolute atomic E-state index is 12.1. The third kappa shape index (κ3) is 5.71. The van der Waals surface area contributed by atoms with Crippen molar-refractivity contribution >= 4 is 5.97 Å². The number of carbonyl (C=O) groups excluding carboxylic acids is 1. The van der Waals surface area contributed by atoms with Gasteiger partial charge in [0.15, 0.2) is 6.61 Å². The van der Waals surface area contributed by atoms with Crippen molar-refractivity contribution < 1.29 is 22.7 Å². The second-order valence-corrected chi connectivity index (χ2v) is 6.10. The molecule has 0 amide bonds. The fourth-order valence-electron chi connectivity index (χ4n) is 1.75. The zero-order valence-corrected chi connectivity index (χ0v) is 11.8. The number of hydrogen-bond donors (Lipinski definition) is 0. The normalized spacial score (nSPS) is 16.6. The molecule has 0 spiro atoms. The fourth-order valence-corrected chi connectivity index (χ4v) is 1.75. The first-order valence-corrected chi connectivity index (χ1v) is 5.69. The van der Waals surface area contributed by atoms with Crippen LogP contribution in [0.4, 0.5) is 13.2 Å². The van der Waals surface area contributed by atoms with E-state index >= 15 is 0 Å². The summed E-state index contributed by atoms with van der Waals surface area (Å²) in [6.45, 7) is 5.82. The molecule has 0 N–H and O–H groups in total. The molecule has 0 bridgehead atoms. The van der Waals surface area contributed by atoms with Crippen LogP contribution < -0.4 is 0 Å². The Morgan fingerprint density at radius 1 is 1.11 bits per heavy atom. The van der Waals surface area contributed by atoms with E-state index in [1.54, 1.807) is 25.9 Å². The highest BCUT2D eigenvalue weighted by Gasteiger charge is 2.42. The standard InChI is InChI=1S/C12H22F3NO2/c1-10(2,3)7-11(4,16(5)6)9(17)18-8-12(13,14)15/h7-8H2,1-6H3. The topological polar surface area (TPSA) is 29.5 Å². The van der Waals surface area contributed by atoms with Crippen molar-refractivity contribution in [3.8, 4) is 0 Å². The van der Waals surface area contributed by atoms with Gasteiger partial charge in [-0.05, 0) is 32.9 Å². The molecule has 0 aromatic carbocycles. The summed E-state index contributed by atoms with van der Waals surface area (Å²) in [5.74, 6) is -0.847. The lowest BCUT2D eigenvalue weighted by Gasteiger charge is -2.38. The van der Waals surface area contributed by atoms with Gasteiger partial charge in [0.1, 0.15) is 5.54 Å². The maximum Gasteiger partial charge on any atom is 0.422 e. The first-order chi connectivity index (χ1) is 7.78. The molecule has 3 nitrogen and oxygen atoms in total. The van der Waals surface area contributed by atoms with Gasteiger partial charge in [-0.25, -0.2) is 0 Å². The minimum absolute atomic E-state index is 0.198. The molecular formula is C12H22F3NO2. The van der Waals surface area contributed by atoms with Crippen LogP contribution in [0.15, 0.2) is 0 Å². The molecule has 0 heterocycles. The van der Waals surface area contributed by atoms with Gasteiger partial charge in [-0.3, -0.25) is 9.69 Å². The summed E-state index contributed by atoms with van der Waals surface area (Å²) in [5.41, 5.74) is -1.26. The summed E-state index contributed by atoms with van der Waals surface area (Å²) < 4.78 is 40.5. The van der Waals surface area contributed by atoms with Gasteiger partial charge >= 0.3 is 12.1 Å². The summed E-state index contributed by atoms with van der Waals surface area (Å²) >= 11 is 0. The van der Waals surface area contributed by atoms with Gasteiger partial charge in [-0.1, -0.05) is 20.8 Å². The van der Waals surface area contributed by atoms with Gasteiger partial charge in [-0.15, -0.1) is 0 Å². The predicted molar refractivity (Wildman–Crippen MR) is 63.2 cm³/mol. The molecule has 0 aliphatic carbocycles. The first-order valence-electron chi connectivity index (χ1n) is 5.69. The first kappa shape index (κ1) is 17.2. The van der Waals surface area contributed by atoms with Crippen molar-refractivity contribution in [2.75, 3.05) is 20.7 Å². The number of esters is 1. The summed E-state index contributed by atoms with van der Waals surface area (Å²) in [5, 5.41) is 0. The highest BCUT2D eigenvalue weighted by Crippen LogP contribution is 2.31. The minimum Gasteiger partial charge on any atom is -0.455 e. The van der Waals surface area contributed by atoms with Crippen LogP contribution in [0.2, 0.25) is 0 Å². The van der Waals surface area contributed by atoms with Crippen molar-refractivity contribution in [1.29, 1.82) is 0 Å². The smallest absolute Gasteiger partial charge is 0.422 e. The molecular weight excluding hydrogens is 247 g/mol. The van der Waals surface area contributed by atoms with Gasteiger partial charge < -0.3 is 4.74 Å². The summed E-state index contributed by atoms with van der Waals surface area (Å²) in [7, 11) is 3.31. The molecule has 0 fully saturated rings. The molecule has 0 radical (unpaired) electrons. The van der Waals surface area contributed by atoms with E-state index in [4.69, 9.17) is 0 Å². The lowest BCUT2D eigenvalue weighted by molar-refractivity contribution is -0.194. The van der Waals surface area contributed by atoms with Gasteiger partial charge in [0.05, 0.1) is 0 Å². The predicted octanol–water partition coefficient (Wildman–Crippen LogP) is 2.85. The van der Waals surface area contributed by atoms with Crippen LogP contribution in [0.1, 0.15) is 34.1 Å². The quantitative estimate of drug-likeness (QED) is 0.735. The molecule has 1 atom stereocenters. The Kier molecular flexibility index (Phi) is 5.23. The average Bonchev–Trinajstić information content (AvgIpc) is 2.09. The molecule has 0 aliphatic rings. The molecule has 18 heavy (non-hydrogen) atoms. The Labute approximate surface area is 106 Å². The van der Waals surface area contributed by atoms with E-state index < -0.39 is 24.3 Å². The van der Waals surface area contributed by atoms with Crippen LogP contribution in [-0.2, 0) is 9.53 Å². The van der Waals surface area contributed by atoms with Gasteiger partial charge in [0.25, 0.3) is 0 Å². The van der Waals surface area contributed by atoms with Crippen molar-refractivity contribution in [3.63, 3.8) is 0 Å². The second kappa shape index (κ2) is 5.47. The number of nitrogens with zero attached hydrogens (tertiary/aromatic N) is 1. The lowest BCUT2D eigenvalue weighted by Crippen LogP contribution is -2.52. The van der Waals surface area contributed by atoms with Crippen molar-refractivity contribution in [3.05, 3.63) is 0 Å². The molecule has 108 valence electrons. The van der Waals surface area contributed by atoms with Gasteiger partial charge in [-0.2, -0.15) is 13.2 Å². The SMILES string of the molecule is CN(C)C(C)(CC(C)(C)C)C(=O)OCC(F)(F)F. The minimum atomic E-state index is -4.50. The average molecular weight is 269 g/mol. The fraction of sp³-hybridized carbons (Fsp3) is 0.917. The van der Waals surface area contributed by atoms with Crippen molar-refractivity contribution in [1.82, 2.24) is 4.90 Å². The molecule has 0 aliphatic heterocycles. The molecule has 0 rings (SSSR count). The summed E-state index contributed by atoms with van der Waals surface area (Å²) in [6.07, 6.45) is -4.09. The third-order valence-corrected chi connectivity index (χ3v) is 2.67. The summed E-state index contributed by atoms with van der Waals surface area (Å²) in [4.78, 5) is 13.5. The van der Waals surface area contributed by atoms with E-state index in [0.717, 1.165) is 0 Å². The number of rotatable bonds is 4. The number of halogens is 3. The maximum atomic E-state index is 12.1. The second-order valence-electron chi connectivity index (χ2n) is 6.10. The Hall–Kier alpha value is -0.780. The Balaban J connectivity index is 4.85. The molecule has 6 heteroatoms. The number of ether oxygens (including phenoxy) is 1. The van der Waals surface area contributed by atoms with E-state index in [-0.39, 0.29) is 5.41 Å². The Morgan fingerprint density at radius 3 is 1.83 bits per heavy atom. The van der Waals surface area contributed by atoms with E-state index in [9.17, 15) is 18.0 Å². The third-order valence-electron chi connectivity index (χ3n) is 2.67. The molecule has 0 aromatic heterocycles. The van der Waals surface area contributed by atoms with E-state index in [0.29, 0.717) is 6.42 Å². The van der Waals surface area contributed by atoms with Crippen LogP contribution in [0.5, 0.6) is 0 Å². The van der Waals surface area contributed by atoms with Crippen molar-refractivity contribution in [2.24, 2.45) is 5.41 Å². The van der Waals surface area contributed by atoms with Crippen LogP contribution in [0, 0.1) is 5.41 Å². The monoisotopic (exact) mass is 269 g/mol. The van der Waals surface area contributed by atoms with Crippen LogP contribution in [0.3, 0.4) is 0 Å². The number of hydrogen-bond acceptors (Lipinski definition) is 3. The number of carbonyl (C=O) groups is 1. The summed E-state index contributed by atoms with van der Waals surface area (Å²) in [6, 6.07) is 0. The molecule has 0 saturated carbocycles. The Bertz CT molecular complexity index is 295. The number of alkyl halides is 3. The number of likely N-dealkylation sites (N-methyl/N-ethyl adjacent to an activating group) is 1. The van der Waals surface area contributed by atoms with E-state index in [1.807, 2.05) is 20.8 Å². The highest BCUT2D eigenvalue weighted by atomic mass is 19.4. The van der Waals surface area contributed by atoms with Gasteiger partial charge in [0.2, 0.25) is 0 Å². The zero-order valence-electron chi connectivity index (χ0n) is 11.8. The largest absolute Gasteiger partial charge is 0.455 e. The van der Waals surface area contributed by atoms with Crippen LogP contribution in [0.25, 0.3) is 0 Å². The zero-order chi connectivity index (χ0) is 14.8. The Morgan fingerprint density at radius 2 is 1.56 bits per heavy atom. The van der Waals surface area contributed by atoms with E-state index in [2.05, 4.69) is 4.74 Å². The van der Waals surface area contributed by atoms with Crippen LogP contribution >= 0.6 is 0 Å². The van der Waals surface area contributed by atoms with Crippen LogP contribution in [-0.4, -0.2) is 43.3 Å². The highest BCUT2D eigenvalue weighted by molar-refractivity contribution is 5.80. The molecule has 1 unspecified atom stereocenters. The molecule has 0 saturated heterocycles. The van der Waals surface area contributed by atoms with E-state index in [1.165, 1.54) is 0 Å². The van der Waals surface area contributed by atoms with Gasteiger partial charge in [0, 0.05) is 0 Å².